The van der Waals surface area contributed by atoms with Gasteiger partial charge >= 0.3 is 12.0 Å². The van der Waals surface area contributed by atoms with E-state index < -0.39 is 23.9 Å². The van der Waals surface area contributed by atoms with Crippen LogP contribution in [-0.2, 0) is 20.9 Å². The molecule has 0 aliphatic carbocycles. The topological polar surface area (TPSA) is 160 Å². The van der Waals surface area contributed by atoms with Crippen molar-refractivity contribution in [3.8, 4) is 23.3 Å². The van der Waals surface area contributed by atoms with Crippen LogP contribution in [-0.4, -0.2) is 44.4 Å². The summed E-state index contributed by atoms with van der Waals surface area (Å²) in [6, 6.07) is 24.4. The molecule has 244 valence electrons. The van der Waals surface area contributed by atoms with Crippen LogP contribution < -0.4 is 30.3 Å². The van der Waals surface area contributed by atoms with E-state index in [9.17, 15) is 14.4 Å². The summed E-state index contributed by atoms with van der Waals surface area (Å²) in [6.07, 6.45) is 1.52. The number of hydrogen-bond acceptors (Lipinski definition) is 9. The van der Waals surface area contributed by atoms with Crippen molar-refractivity contribution in [3.63, 3.8) is 0 Å². The quantitative estimate of drug-likeness (QED) is 0.110. The predicted molar refractivity (Wildman–Crippen MR) is 177 cm³/mol. The minimum absolute atomic E-state index is 0.176. The van der Waals surface area contributed by atoms with E-state index in [0.717, 1.165) is 16.3 Å². The zero-order valence-corrected chi connectivity index (χ0v) is 26.5. The molecule has 4 aromatic carbocycles. The van der Waals surface area contributed by atoms with Crippen molar-refractivity contribution < 1.29 is 33.3 Å². The van der Waals surface area contributed by atoms with Gasteiger partial charge in [-0.05, 0) is 66.1 Å². The van der Waals surface area contributed by atoms with Gasteiger partial charge in [-0.15, -0.1) is 0 Å². The number of rotatable bonds is 12. The largest absolute Gasteiger partial charge is 0.493 e. The van der Waals surface area contributed by atoms with Crippen molar-refractivity contribution >= 4 is 34.9 Å². The van der Waals surface area contributed by atoms with Crippen LogP contribution in [0, 0.1) is 11.3 Å². The number of nitriles is 1. The van der Waals surface area contributed by atoms with E-state index in [2.05, 4.69) is 27.2 Å². The number of nitrogens with one attached hydrogen (secondary N) is 3. The Kier molecular flexibility index (Phi) is 10.5. The summed E-state index contributed by atoms with van der Waals surface area (Å²) < 4.78 is 22.5. The lowest BCUT2D eigenvalue weighted by molar-refractivity contribution is -0.139. The Morgan fingerprint density at radius 3 is 2.52 bits per heavy atom. The Labute approximate surface area is 276 Å². The Balaban J connectivity index is 1.26. The molecule has 0 unspecified atom stereocenters. The minimum Gasteiger partial charge on any atom is -0.493 e. The molecule has 1 atom stereocenters. The molecular formula is C36H33N5O7. The monoisotopic (exact) mass is 647 g/mol. The van der Waals surface area contributed by atoms with Gasteiger partial charge in [-0.3, -0.25) is 4.79 Å². The summed E-state index contributed by atoms with van der Waals surface area (Å²) >= 11 is 0. The van der Waals surface area contributed by atoms with Crippen molar-refractivity contribution in [1.82, 2.24) is 16.1 Å². The fourth-order valence-corrected chi connectivity index (χ4v) is 5.12. The standard InChI is InChI=1S/C36H33N5O7/c1-4-46-35(43)33-22(2)39-36(44)40-34(33)26-14-16-30(31(17-26)45-3)48-21-32(42)41-38-19-28-27-8-6-5-7-25(27)13-15-29(28)47-20-24-11-9-23(18-37)10-12-24/h5-17,19,34H,4,20-21H2,1-3H3,(H,41,42)(H2,39,40,44)/b38-19+/t34-/m0/s1. The number of carbonyl (C=O) groups excluding carboxylic acids is 3. The molecule has 12 nitrogen and oxygen atoms in total. The number of hydrogen-bond donors (Lipinski definition) is 3. The van der Waals surface area contributed by atoms with Gasteiger partial charge in [0.25, 0.3) is 5.91 Å². The molecule has 0 spiro atoms. The molecule has 0 bridgehead atoms. The maximum Gasteiger partial charge on any atom is 0.338 e. The van der Waals surface area contributed by atoms with Gasteiger partial charge in [0.2, 0.25) is 0 Å². The molecule has 0 saturated heterocycles. The van der Waals surface area contributed by atoms with Crippen molar-refractivity contribution in [3.05, 3.63) is 112 Å². The molecular weight excluding hydrogens is 614 g/mol. The zero-order chi connectivity index (χ0) is 34.0. The molecule has 0 fully saturated rings. The molecule has 1 aliphatic rings. The third-order valence-electron chi connectivity index (χ3n) is 7.44. The van der Waals surface area contributed by atoms with Gasteiger partial charge in [-0.1, -0.05) is 48.5 Å². The molecule has 1 heterocycles. The third kappa shape index (κ3) is 7.71. The first-order chi connectivity index (χ1) is 23.3. The first kappa shape index (κ1) is 33.0. The van der Waals surface area contributed by atoms with Gasteiger partial charge in [-0.2, -0.15) is 10.4 Å². The van der Waals surface area contributed by atoms with E-state index in [1.165, 1.54) is 13.3 Å². The van der Waals surface area contributed by atoms with E-state index in [1.807, 2.05) is 48.5 Å². The van der Waals surface area contributed by atoms with Gasteiger partial charge in [0.05, 0.1) is 43.2 Å². The summed E-state index contributed by atoms with van der Waals surface area (Å²) in [4.78, 5) is 37.6. The SMILES string of the molecule is CCOC(=O)C1=C(C)NC(=O)N[C@H]1c1ccc(OCC(=O)N/N=C/c2c(OCc3ccc(C#N)cc3)ccc3ccccc23)c(OC)c1. The normalized spacial score (nSPS) is 14.1. The fraction of sp³-hybridized carbons (Fsp3) is 0.194. The average molecular weight is 648 g/mol. The molecule has 5 rings (SSSR count). The lowest BCUT2D eigenvalue weighted by Gasteiger charge is -2.28. The lowest BCUT2D eigenvalue weighted by atomic mass is 9.95. The number of ether oxygens (including phenoxy) is 4. The average Bonchev–Trinajstić information content (AvgIpc) is 3.10. The zero-order valence-electron chi connectivity index (χ0n) is 26.5. The maximum absolute atomic E-state index is 12.7. The number of methoxy groups -OCH3 is 1. The summed E-state index contributed by atoms with van der Waals surface area (Å²) in [5.41, 5.74) is 5.82. The van der Waals surface area contributed by atoms with Crippen molar-refractivity contribution in [2.24, 2.45) is 5.10 Å². The number of carbonyl (C=O) groups is 3. The molecule has 48 heavy (non-hydrogen) atoms. The summed E-state index contributed by atoms with van der Waals surface area (Å²) in [5, 5.41) is 20.4. The van der Waals surface area contributed by atoms with Gasteiger partial charge < -0.3 is 29.6 Å². The van der Waals surface area contributed by atoms with E-state index >= 15 is 0 Å². The second-order valence-electron chi connectivity index (χ2n) is 10.6. The number of fused-ring (bicyclic) bond motifs is 1. The number of esters is 1. The highest BCUT2D eigenvalue weighted by atomic mass is 16.5. The number of hydrazone groups is 1. The number of urea groups is 1. The molecule has 0 saturated carbocycles. The van der Waals surface area contributed by atoms with Crippen LogP contribution in [0.15, 0.2) is 95.2 Å². The van der Waals surface area contributed by atoms with Crippen LogP contribution in [0.1, 0.15) is 42.1 Å². The molecule has 12 heteroatoms. The molecule has 0 radical (unpaired) electrons. The first-order valence-corrected chi connectivity index (χ1v) is 15.0. The first-order valence-electron chi connectivity index (χ1n) is 15.0. The molecule has 4 aromatic rings. The van der Waals surface area contributed by atoms with Gasteiger partial charge in [0, 0.05) is 11.3 Å². The summed E-state index contributed by atoms with van der Waals surface area (Å²) in [5.74, 6) is 0.0472. The Morgan fingerprint density at radius 2 is 1.77 bits per heavy atom. The van der Waals surface area contributed by atoms with E-state index in [1.54, 1.807) is 44.2 Å². The highest BCUT2D eigenvalue weighted by molar-refractivity contribution is 6.02. The Bertz CT molecular complexity index is 1950. The van der Waals surface area contributed by atoms with Crippen LogP contribution in [0.25, 0.3) is 10.8 Å². The maximum atomic E-state index is 12.7. The van der Waals surface area contributed by atoms with Crippen LogP contribution in [0.2, 0.25) is 0 Å². The van der Waals surface area contributed by atoms with Gasteiger partial charge in [-0.25, -0.2) is 15.0 Å². The number of benzene rings is 4. The highest BCUT2D eigenvalue weighted by Gasteiger charge is 2.32. The number of nitrogens with zero attached hydrogens (tertiary/aromatic N) is 2. The number of amides is 3. The van der Waals surface area contributed by atoms with Gasteiger partial charge in [0.15, 0.2) is 18.1 Å². The molecule has 1 aliphatic heterocycles. The Morgan fingerprint density at radius 1 is 1.00 bits per heavy atom. The number of allylic oxidation sites excluding steroid dienone is 1. The molecule has 3 N–H and O–H groups in total. The van der Waals surface area contributed by atoms with Crippen molar-refractivity contribution in [2.75, 3.05) is 20.3 Å². The van der Waals surface area contributed by atoms with Crippen LogP contribution in [0.3, 0.4) is 0 Å². The fourth-order valence-electron chi connectivity index (χ4n) is 5.12. The van der Waals surface area contributed by atoms with Crippen LogP contribution in [0.4, 0.5) is 4.79 Å². The van der Waals surface area contributed by atoms with Crippen molar-refractivity contribution in [2.45, 2.75) is 26.5 Å². The van der Waals surface area contributed by atoms with E-state index in [4.69, 9.17) is 24.2 Å². The van der Waals surface area contributed by atoms with Gasteiger partial charge in [0.1, 0.15) is 12.4 Å². The van der Waals surface area contributed by atoms with Crippen LogP contribution in [0.5, 0.6) is 17.2 Å². The minimum atomic E-state index is -0.787. The highest BCUT2D eigenvalue weighted by Crippen LogP contribution is 2.34. The Hall–Kier alpha value is -6.35. The third-order valence-corrected chi connectivity index (χ3v) is 7.44. The lowest BCUT2D eigenvalue weighted by Crippen LogP contribution is -2.45. The van der Waals surface area contributed by atoms with E-state index in [-0.39, 0.29) is 36.9 Å². The summed E-state index contributed by atoms with van der Waals surface area (Å²) in [6.45, 7) is 3.40. The summed E-state index contributed by atoms with van der Waals surface area (Å²) in [7, 11) is 1.44. The van der Waals surface area contributed by atoms with E-state index in [0.29, 0.717) is 28.1 Å². The second kappa shape index (κ2) is 15.3. The molecule has 3 amide bonds. The van der Waals surface area contributed by atoms with Crippen LogP contribution >= 0.6 is 0 Å². The predicted octanol–water partition coefficient (Wildman–Crippen LogP) is 5.02. The van der Waals surface area contributed by atoms with Crippen molar-refractivity contribution in [1.29, 1.82) is 5.26 Å². The smallest absolute Gasteiger partial charge is 0.338 e. The molecule has 0 aromatic heterocycles. The second-order valence-corrected chi connectivity index (χ2v) is 10.6.